The molecule has 0 aliphatic rings. The minimum atomic E-state index is -1.60. The molecule has 0 N–H and O–H groups in total. The van der Waals surface area contributed by atoms with Crippen LogP contribution in [0.2, 0.25) is 0 Å². The van der Waals surface area contributed by atoms with E-state index in [2.05, 4.69) is 18.2 Å². The number of hydrogen-bond donors (Lipinski definition) is 0. The van der Waals surface area contributed by atoms with Gasteiger partial charge in [-0.15, -0.1) is 0 Å². The molecule has 0 aliphatic carbocycles. The molecule has 0 amide bonds. The molecule has 0 spiro atoms. The smallest absolute Gasteiger partial charge is 0.0625 e. The van der Waals surface area contributed by atoms with Gasteiger partial charge in [-0.05, 0) is 24.5 Å². The Labute approximate surface area is 90.0 Å². The quantitative estimate of drug-likeness (QED) is 0.650. The largest absolute Gasteiger partial charge is 0.198 e. The molecule has 0 bridgehead atoms. The van der Waals surface area contributed by atoms with Crippen molar-refractivity contribution in [3.05, 3.63) is 0 Å². The van der Waals surface area contributed by atoms with Crippen LogP contribution in [0, 0.1) is 34.0 Å². The first kappa shape index (κ1) is 13.1. The molecule has 0 aromatic carbocycles. The number of rotatable bonds is 6. The van der Waals surface area contributed by atoms with Crippen LogP contribution in [0.5, 0.6) is 0 Å². The maximum Gasteiger partial charge on any atom is 0.0625 e. The van der Waals surface area contributed by atoms with E-state index in [4.69, 9.17) is 27.6 Å². The highest BCUT2D eigenvalue weighted by Crippen LogP contribution is 2.47. The summed E-state index contributed by atoms with van der Waals surface area (Å²) in [5, 5.41) is 25.4. The van der Waals surface area contributed by atoms with Gasteiger partial charge in [-0.1, -0.05) is 11.8 Å². The van der Waals surface area contributed by atoms with Crippen molar-refractivity contribution in [1.82, 2.24) is 0 Å². The van der Waals surface area contributed by atoms with Crippen molar-refractivity contribution >= 4 is 17.8 Å². The molecule has 5 heteroatoms. The summed E-state index contributed by atoms with van der Waals surface area (Å²) >= 11 is 5.46. The number of nitrogens with zero attached hydrogens (tertiary/aromatic N) is 3. The molecule has 0 atom stereocenters. The van der Waals surface area contributed by atoms with Crippen LogP contribution < -0.4 is 0 Å². The average Bonchev–Trinajstić information content (AvgIpc) is 2.21. The summed E-state index contributed by atoms with van der Waals surface area (Å²) in [6.07, 6.45) is 3.49. The fourth-order valence-electron chi connectivity index (χ4n) is 1.10. The van der Waals surface area contributed by atoms with Crippen molar-refractivity contribution in [1.29, 1.82) is 15.8 Å². The highest BCUT2D eigenvalue weighted by atomic mass is 32.4. The van der Waals surface area contributed by atoms with Crippen molar-refractivity contribution in [2.24, 2.45) is 0 Å². The topological polar surface area (TPSA) is 71.4 Å². The molecule has 0 aromatic heterocycles. The van der Waals surface area contributed by atoms with Crippen LogP contribution in [0.3, 0.4) is 0 Å². The number of hydrogen-bond acceptors (Lipinski definition) is 4. The van der Waals surface area contributed by atoms with Crippen LogP contribution in [-0.4, -0.2) is 18.5 Å². The van der Waals surface area contributed by atoms with Gasteiger partial charge in [0.25, 0.3) is 0 Å². The van der Waals surface area contributed by atoms with Crippen molar-refractivity contribution in [2.75, 3.05) is 18.5 Å². The maximum absolute atomic E-state index is 8.47. The minimum absolute atomic E-state index is 0.453. The Morgan fingerprint density at radius 2 is 1.07 bits per heavy atom. The second-order valence-corrected chi connectivity index (χ2v) is 8.73. The van der Waals surface area contributed by atoms with Gasteiger partial charge in [0, 0.05) is 19.3 Å². The van der Waals surface area contributed by atoms with E-state index in [1.165, 1.54) is 0 Å². The zero-order chi connectivity index (χ0) is 10.9. The third kappa shape index (κ3) is 5.71. The first-order valence-electron chi connectivity index (χ1n) is 4.36. The molecule has 0 heterocycles. The van der Waals surface area contributed by atoms with E-state index < -0.39 is 6.04 Å². The summed E-state index contributed by atoms with van der Waals surface area (Å²) < 4.78 is 0. The van der Waals surface area contributed by atoms with Crippen LogP contribution in [0.1, 0.15) is 19.3 Å². The average molecular weight is 225 g/mol. The third-order valence-electron chi connectivity index (χ3n) is 1.89. The highest BCUT2D eigenvalue weighted by molar-refractivity contribution is 8.14. The monoisotopic (exact) mass is 225 g/mol. The molecule has 0 aromatic rings. The van der Waals surface area contributed by atoms with Crippen LogP contribution in [0.15, 0.2) is 0 Å². The van der Waals surface area contributed by atoms with Gasteiger partial charge in [0.1, 0.15) is 0 Å². The molecule has 3 nitrogen and oxygen atoms in total. The Morgan fingerprint density at radius 3 is 1.29 bits per heavy atom. The second kappa shape index (κ2) is 7.52. The van der Waals surface area contributed by atoms with E-state index in [0.29, 0.717) is 37.7 Å². The van der Waals surface area contributed by atoms with Crippen molar-refractivity contribution in [2.45, 2.75) is 19.3 Å². The molecule has 0 rings (SSSR count). The molecule has 14 heavy (non-hydrogen) atoms. The molecular weight excluding hydrogens is 213 g/mol. The highest BCUT2D eigenvalue weighted by Gasteiger charge is 2.15. The Balaban J connectivity index is 4.22. The maximum atomic E-state index is 8.47. The Kier molecular flexibility index (Phi) is 7.04. The predicted octanol–water partition coefficient (Wildman–Crippen LogP) is 2.21. The second-order valence-electron chi connectivity index (χ2n) is 2.95. The fraction of sp³-hybridized carbons (Fsp3) is 0.667. The van der Waals surface area contributed by atoms with Gasteiger partial charge < -0.3 is 0 Å². The SMILES string of the molecule is N#CCCP(=S)(CCC#N)CCC#N. The van der Waals surface area contributed by atoms with E-state index in [1.807, 2.05) is 0 Å². The van der Waals surface area contributed by atoms with E-state index in [9.17, 15) is 0 Å². The van der Waals surface area contributed by atoms with Crippen molar-refractivity contribution < 1.29 is 0 Å². The van der Waals surface area contributed by atoms with Crippen LogP contribution >= 0.6 is 6.04 Å². The van der Waals surface area contributed by atoms with Crippen molar-refractivity contribution in [3.8, 4) is 18.2 Å². The lowest BCUT2D eigenvalue weighted by Crippen LogP contribution is -1.99. The molecule has 74 valence electrons. The van der Waals surface area contributed by atoms with Gasteiger partial charge in [-0.25, -0.2) is 0 Å². The van der Waals surface area contributed by atoms with Crippen LogP contribution in [0.4, 0.5) is 0 Å². The van der Waals surface area contributed by atoms with Gasteiger partial charge in [-0.2, -0.15) is 15.8 Å². The van der Waals surface area contributed by atoms with Crippen LogP contribution in [-0.2, 0) is 11.8 Å². The zero-order valence-corrected chi connectivity index (χ0v) is 9.65. The molecular formula is C9H12N3PS. The zero-order valence-electron chi connectivity index (χ0n) is 7.94. The van der Waals surface area contributed by atoms with Gasteiger partial charge >= 0.3 is 0 Å². The normalized spacial score (nSPS) is 9.79. The van der Waals surface area contributed by atoms with E-state index in [0.717, 1.165) is 0 Å². The lowest BCUT2D eigenvalue weighted by molar-refractivity contribution is 1.13. The molecule has 0 unspecified atom stereocenters. The van der Waals surface area contributed by atoms with E-state index in [-0.39, 0.29) is 0 Å². The first-order chi connectivity index (χ1) is 6.68. The Hall–Kier alpha value is -0.880. The van der Waals surface area contributed by atoms with Gasteiger partial charge in [0.2, 0.25) is 0 Å². The Morgan fingerprint density at radius 1 is 0.786 bits per heavy atom. The summed E-state index contributed by atoms with van der Waals surface area (Å²) in [7, 11) is 0. The van der Waals surface area contributed by atoms with Crippen molar-refractivity contribution in [3.63, 3.8) is 0 Å². The molecule has 0 saturated heterocycles. The Bertz CT molecular complexity index is 279. The standard InChI is InChI=1S/C9H12N3PS/c10-4-1-7-13(14,8-2-5-11)9-3-6-12/h1-3,7-9H2. The first-order valence-corrected chi connectivity index (χ1v) is 7.72. The van der Waals surface area contributed by atoms with Gasteiger partial charge in [0.15, 0.2) is 0 Å². The van der Waals surface area contributed by atoms with E-state index in [1.54, 1.807) is 0 Å². The third-order valence-corrected chi connectivity index (χ3v) is 6.65. The lowest BCUT2D eigenvalue weighted by Gasteiger charge is -2.17. The summed E-state index contributed by atoms with van der Waals surface area (Å²) in [4.78, 5) is 0. The molecule has 0 aliphatic heterocycles. The summed E-state index contributed by atoms with van der Waals surface area (Å²) in [5.74, 6) is 0. The summed E-state index contributed by atoms with van der Waals surface area (Å²) in [6.45, 7) is 0. The number of nitriles is 3. The van der Waals surface area contributed by atoms with E-state index >= 15 is 0 Å². The molecule has 0 radical (unpaired) electrons. The predicted molar refractivity (Wildman–Crippen MR) is 59.6 cm³/mol. The minimum Gasteiger partial charge on any atom is -0.198 e. The molecule has 0 fully saturated rings. The van der Waals surface area contributed by atoms with Gasteiger partial charge in [-0.3, -0.25) is 0 Å². The molecule has 0 saturated carbocycles. The van der Waals surface area contributed by atoms with Crippen LogP contribution in [0.25, 0.3) is 0 Å². The lowest BCUT2D eigenvalue weighted by atomic mass is 10.5. The van der Waals surface area contributed by atoms with Gasteiger partial charge in [0.05, 0.1) is 18.2 Å². The summed E-state index contributed by atoms with van der Waals surface area (Å²) in [6, 6.07) is 4.61. The summed E-state index contributed by atoms with van der Waals surface area (Å²) in [5.41, 5.74) is 0. The fourth-order valence-corrected chi connectivity index (χ4v) is 4.11.